The smallest absolute Gasteiger partial charge is 0.329 e. The molecule has 0 spiro atoms. The normalized spacial score (nSPS) is 21.7. The van der Waals surface area contributed by atoms with Gasteiger partial charge in [0.2, 0.25) is 5.91 Å². The Kier molecular flexibility index (Phi) is 4.50. The molecule has 2 aromatic carbocycles. The number of primary amides is 1. The van der Waals surface area contributed by atoms with E-state index in [4.69, 9.17) is 5.73 Å². The minimum absolute atomic E-state index is 0.00142. The molecule has 5 rings (SSSR count). The van der Waals surface area contributed by atoms with E-state index in [0.29, 0.717) is 6.54 Å². The Balaban J connectivity index is 1.53. The maximum atomic E-state index is 13.7. The molecule has 3 amide bonds. The van der Waals surface area contributed by atoms with E-state index >= 15 is 0 Å². The van der Waals surface area contributed by atoms with Crippen molar-refractivity contribution in [2.45, 2.75) is 45.2 Å². The van der Waals surface area contributed by atoms with Crippen LogP contribution in [-0.4, -0.2) is 27.9 Å². The van der Waals surface area contributed by atoms with Crippen LogP contribution in [0.5, 0.6) is 0 Å². The van der Waals surface area contributed by atoms with Crippen molar-refractivity contribution < 1.29 is 9.59 Å². The number of amides is 3. The van der Waals surface area contributed by atoms with Gasteiger partial charge in [0, 0.05) is 23.7 Å². The minimum Gasteiger partial charge on any atom is -0.369 e. The van der Waals surface area contributed by atoms with Crippen LogP contribution in [0.25, 0.3) is 10.9 Å². The quantitative estimate of drug-likeness (QED) is 0.671. The van der Waals surface area contributed by atoms with Gasteiger partial charge in [-0.25, -0.2) is 4.79 Å². The summed E-state index contributed by atoms with van der Waals surface area (Å²) in [6.07, 6.45) is 5.03. The highest BCUT2D eigenvalue weighted by Gasteiger charge is 2.38. The van der Waals surface area contributed by atoms with Crippen molar-refractivity contribution in [3.8, 4) is 0 Å². The molecule has 0 bridgehead atoms. The summed E-state index contributed by atoms with van der Waals surface area (Å²) in [6.45, 7) is 2.71. The summed E-state index contributed by atoms with van der Waals surface area (Å²) < 4.78 is 0. The number of hydrogen-bond acceptors (Lipinski definition) is 2. The molecule has 30 heavy (non-hydrogen) atoms. The van der Waals surface area contributed by atoms with Crippen LogP contribution in [0.15, 0.2) is 48.7 Å². The maximum absolute atomic E-state index is 13.7. The molecular weight excluding hydrogens is 376 g/mol. The highest BCUT2D eigenvalue weighted by molar-refractivity contribution is 6.03. The number of benzene rings is 2. The zero-order valence-corrected chi connectivity index (χ0v) is 17.1. The molecule has 1 aliphatic carbocycles. The molecule has 0 saturated heterocycles. The van der Waals surface area contributed by atoms with Gasteiger partial charge in [-0.1, -0.05) is 18.2 Å². The Bertz CT molecular complexity index is 1130. The fourth-order valence-corrected chi connectivity index (χ4v) is 4.95. The average Bonchev–Trinajstić information content (AvgIpc) is 3.21. The van der Waals surface area contributed by atoms with E-state index < -0.39 is 0 Å². The molecule has 1 aromatic heterocycles. The van der Waals surface area contributed by atoms with E-state index in [0.717, 1.165) is 48.0 Å². The number of nitrogens with one attached hydrogen (secondary N) is 1. The molecule has 3 N–H and O–H groups in total. The average molecular weight is 402 g/mol. The van der Waals surface area contributed by atoms with E-state index in [1.165, 1.54) is 11.1 Å². The molecule has 6 heteroatoms. The van der Waals surface area contributed by atoms with Gasteiger partial charge in [0.25, 0.3) is 0 Å². The second kappa shape index (κ2) is 7.20. The lowest BCUT2D eigenvalue weighted by atomic mass is 9.84. The first-order valence-corrected chi connectivity index (χ1v) is 10.6. The van der Waals surface area contributed by atoms with Gasteiger partial charge in [-0.2, -0.15) is 0 Å². The van der Waals surface area contributed by atoms with Crippen molar-refractivity contribution in [1.29, 1.82) is 0 Å². The third-order valence-corrected chi connectivity index (χ3v) is 6.73. The fourth-order valence-electron chi connectivity index (χ4n) is 4.95. The predicted octanol–water partition coefficient (Wildman–Crippen LogP) is 4.59. The summed E-state index contributed by atoms with van der Waals surface area (Å²) in [6, 6.07) is 14.4. The number of hydrogen-bond donors (Lipinski definition) is 2. The lowest BCUT2D eigenvalue weighted by molar-refractivity contribution is -0.123. The molecule has 0 atom stereocenters. The molecule has 0 radical (unpaired) electrons. The van der Waals surface area contributed by atoms with Crippen LogP contribution in [0, 0.1) is 12.8 Å². The summed E-state index contributed by atoms with van der Waals surface area (Å²) in [7, 11) is 0. The van der Waals surface area contributed by atoms with E-state index in [1.807, 2.05) is 52.4 Å². The second-order valence-corrected chi connectivity index (χ2v) is 8.48. The SMILES string of the molecule is Cc1cccc2c1CN(C1CCC(C(N)=O)CC1)C(=O)N2c1ccc2cc[nH]c2c1. The Morgan fingerprint density at radius 2 is 1.90 bits per heavy atom. The molecule has 154 valence electrons. The highest BCUT2D eigenvalue weighted by atomic mass is 16.2. The van der Waals surface area contributed by atoms with Gasteiger partial charge in [-0.05, 0) is 73.4 Å². The van der Waals surface area contributed by atoms with Crippen LogP contribution in [0.2, 0.25) is 0 Å². The third kappa shape index (κ3) is 3.03. The van der Waals surface area contributed by atoms with Gasteiger partial charge in [0.05, 0.1) is 17.9 Å². The van der Waals surface area contributed by atoms with Crippen LogP contribution in [-0.2, 0) is 11.3 Å². The number of urea groups is 1. The number of aromatic amines is 1. The van der Waals surface area contributed by atoms with E-state index in [-0.39, 0.29) is 23.9 Å². The number of carbonyl (C=O) groups is 2. The molecule has 1 fully saturated rings. The number of anilines is 2. The molecule has 6 nitrogen and oxygen atoms in total. The highest BCUT2D eigenvalue weighted by Crippen LogP contribution is 2.40. The van der Waals surface area contributed by atoms with Crippen molar-refractivity contribution in [3.63, 3.8) is 0 Å². The topological polar surface area (TPSA) is 82.4 Å². The molecule has 1 aliphatic heterocycles. The van der Waals surface area contributed by atoms with Crippen molar-refractivity contribution in [2.24, 2.45) is 11.7 Å². The van der Waals surface area contributed by atoms with Gasteiger partial charge in [0.15, 0.2) is 0 Å². The standard InChI is InChI=1S/C24H26N4O2/c1-15-3-2-4-22-20(15)14-27(18-8-6-17(7-9-18)23(25)29)24(30)28(22)19-10-5-16-11-12-26-21(16)13-19/h2-5,10-13,17-18,26H,6-9,14H2,1H3,(H2,25,29). The van der Waals surface area contributed by atoms with Gasteiger partial charge >= 0.3 is 6.03 Å². The second-order valence-electron chi connectivity index (χ2n) is 8.48. The summed E-state index contributed by atoms with van der Waals surface area (Å²) in [5.74, 6) is -0.290. The first-order valence-electron chi connectivity index (χ1n) is 10.6. The molecule has 2 heterocycles. The number of carbonyl (C=O) groups excluding carboxylic acids is 2. The fraction of sp³-hybridized carbons (Fsp3) is 0.333. The first-order chi connectivity index (χ1) is 14.5. The zero-order chi connectivity index (χ0) is 20.8. The molecular formula is C24H26N4O2. The van der Waals surface area contributed by atoms with Crippen LogP contribution >= 0.6 is 0 Å². The van der Waals surface area contributed by atoms with E-state index in [2.05, 4.69) is 18.0 Å². The number of rotatable bonds is 3. The lowest BCUT2D eigenvalue weighted by Crippen LogP contribution is -2.51. The maximum Gasteiger partial charge on any atom is 0.329 e. The van der Waals surface area contributed by atoms with Crippen LogP contribution < -0.4 is 10.6 Å². The minimum atomic E-state index is -0.222. The third-order valence-electron chi connectivity index (χ3n) is 6.73. The van der Waals surface area contributed by atoms with Crippen LogP contribution in [0.3, 0.4) is 0 Å². The predicted molar refractivity (Wildman–Crippen MR) is 117 cm³/mol. The van der Waals surface area contributed by atoms with Gasteiger partial charge in [-0.15, -0.1) is 0 Å². The van der Waals surface area contributed by atoms with Crippen LogP contribution in [0.1, 0.15) is 36.8 Å². The van der Waals surface area contributed by atoms with E-state index in [1.54, 1.807) is 0 Å². The molecule has 0 unspecified atom stereocenters. The number of aryl methyl sites for hydroxylation is 1. The molecule has 2 aliphatic rings. The largest absolute Gasteiger partial charge is 0.369 e. The lowest BCUT2D eigenvalue weighted by Gasteiger charge is -2.43. The summed E-state index contributed by atoms with van der Waals surface area (Å²) in [5, 5.41) is 1.12. The van der Waals surface area contributed by atoms with Gasteiger partial charge in [-0.3, -0.25) is 9.69 Å². The monoisotopic (exact) mass is 402 g/mol. The first kappa shape index (κ1) is 18.7. The Hall–Kier alpha value is -3.28. The number of nitrogens with zero attached hydrogens (tertiary/aromatic N) is 2. The van der Waals surface area contributed by atoms with Gasteiger partial charge in [0.1, 0.15) is 0 Å². The van der Waals surface area contributed by atoms with Crippen molar-refractivity contribution in [1.82, 2.24) is 9.88 Å². The zero-order valence-electron chi connectivity index (χ0n) is 17.1. The van der Waals surface area contributed by atoms with Gasteiger partial charge < -0.3 is 15.6 Å². The molecule has 3 aromatic rings. The van der Waals surface area contributed by atoms with Crippen molar-refractivity contribution >= 4 is 34.2 Å². The number of aromatic nitrogens is 1. The van der Waals surface area contributed by atoms with Crippen LogP contribution in [0.4, 0.5) is 16.2 Å². The number of H-pyrrole nitrogens is 1. The Morgan fingerprint density at radius 1 is 1.10 bits per heavy atom. The number of fused-ring (bicyclic) bond motifs is 2. The molecule has 1 saturated carbocycles. The summed E-state index contributed by atoms with van der Waals surface area (Å²) in [5.41, 5.74) is 10.7. The van der Waals surface area contributed by atoms with Crippen molar-refractivity contribution in [3.05, 3.63) is 59.8 Å². The summed E-state index contributed by atoms with van der Waals surface area (Å²) >= 11 is 0. The number of nitrogens with two attached hydrogens (primary N) is 1. The Labute approximate surface area is 175 Å². The van der Waals surface area contributed by atoms with Crippen molar-refractivity contribution in [2.75, 3.05) is 4.90 Å². The van der Waals surface area contributed by atoms with E-state index in [9.17, 15) is 9.59 Å². The Morgan fingerprint density at radius 3 is 2.67 bits per heavy atom. The summed E-state index contributed by atoms with van der Waals surface area (Å²) in [4.78, 5) is 32.4.